The highest BCUT2D eigenvalue weighted by Crippen LogP contribution is 2.25. The fourth-order valence-corrected chi connectivity index (χ4v) is 2.65. The molecular formula is C23H36FN4O2S2+. The van der Waals surface area contributed by atoms with E-state index in [1.807, 2.05) is 18.4 Å². The van der Waals surface area contributed by atoms with Crippen LogP contribution in [0.25, 0.3) is 0 Å². The highest BCUT2D eigenvalue weighted by molar-refractivity contribution is 7.84. The van der Waals surface area contributed by atoms with E-state index in [2.05, 4.69) is 30.6 Å². The van der Waals surface area contributed by atoms with Crippen LogP contribution in [0.1, 0.15) is 45.6 Å². The second-order valence-electron chi connectivity index (χ2n) is 7.26. The Bertz CT molecular complexity index is 856. The van der Waals surface area contributed by atoms with Gasteiger partial charge in [0.1, 0.15) is 5.82 Å². The average Bonchev–Trinajstić information content (AvgIpc) is 3.65. The predicted octanol–water partition coefficient (Wildman–Crippen LogP) is 3.97. The summed E-state index contributed by atoms with van der Waals surface area (Å²) in [6.07, 6.45) is 4.96. The smallest absolute Gasteiger partial charge is 0.317 e. The molecule has 0 unspecified atom stereocenters. The van der Waals surface area contributed by atoms with Crippen LogP contribution in [0.5, 0.6) is 0 Å². The number of carbonyl (C=O) groups is 1. The number of aryl methyl sites for hydroxylation is 1. The molecule has 1 aliphatic carbocycles. The number of halogens is 1. The van der Waals surface area contributed by atoms with Crippen LogP contribution in [0.2, 0.25) is 0 Å². The molecular weight excluding hydrogens is 447 g/mol. The number of rotatable bonds is 8. The molecule has 1 aromatic carbocycles. The van der Waals surface area contributed by atoms with Crippen LogP contribution < -0.4 is 16.8 Å². The summed E-state index contributed by atoms with van der Waals surface area (Å²) in [5.74, 6) is -0.701. The molecule has 1 fully saturated rings. The number of nitrogens with two attached hydrogens (primary N) is 2. The zero-order chi connectivity index (χ0) is 24.3. The van der Waals surface area contributed by atoms with E-state index < -0.39 is 11.7 Å². The summed E-state index contributed by atoms with van der Waals surface area (Å²) < 4.78 is 21.0. The van der Waals surface area contributed by atoms with Gasteiger partial charge in [0.15, 0.2) is 6.54 Å². The number of nitrogens with zero attached hydrogens (tertiary/aromatic N) is 1. The number of hydrogen-bond acceptors (Lipinski definition) is 6. The van der Waals surface area contributed by atoms with Crippen LogP contribution in [0, 0.1) is 12.7 Å². The quantitative estimate of drug-likeness (QED) is 0.167. The van der Waals surface area contributed by atoms with Crippen molar-refractivity contribution >= 4 is 43.1 Å². The van der Waals surface area contributed by atoms with Gasteiger partial charge in [-0.15, -0.1) is 12.6 Å². The van der Waals surface area contributed by atoms with E-state index in [0.717, 1.165) is 5.25 Å². The maximum absolute atomic E-state index is 13.5. The van der Waals surface area contributed by atoms with Crippen LogP contribution in [0.4, 0.5) is 10.1 Å². The van der Waals surface area contributed by atoms with E-state index >= 15 is 0 Å². The Morgan fingerprint density at radius 3 is 2.44 bits per heavy atom. The molecule has 0 radical (unpaired) electrons. The highest BCUT2D eigenvalue weighted by atomic mass is 32.1. The fourth-order valence-electron chi connectivity index (χ4n) is 2.41. The zero-order valence-electron chi connectivity index (χ0n) is 19.3. The van der Waals surface area contributed by atoms with Crippen molar-refractivity contribution in [2.45, 2.75) is 52.2 Å². The standard InChI is InChI=1S/C18H23FN4O2S.C3H6S.C2H6/c1-11-7-13(19)9-14(8-11)22-18(24)17(15-10-23(15)5-4-20)25-6-3-16(26)12(2)21;4-3-1-2-3;1-2/h7-10,21-22,24H,3-6,20H2,1-2H3;3-4H,1-2H2;1-2H3/p+1. The monoisotopic (exact) mass is 483 g/mol. The van der Waals surface area contributed by atoms with Crippen molar-refractivity contribution in [3.05, 3.63) is 51.6 Å². The van der Waals surface area contributed by atoms with Gasteiger partial charge in [-0.1, -0.05) is 13.8 Å². The van der Waals surface area contributed by atoms with Crippen molar-refractivity contribution in [2.75, 3.05) is 25.0 Å². The lowest BCUT2D eigenvalue weighted by Crippen LogP contribution is -2.19. The lowest BCUT2D eigenvalue weighted by atomic mass is 10.2. The molecule has 1 amide bonds. The maximum Gasteiger partial charge on any atom is 0.317 e. The molecule has 2 aliphatic rings. The summed E-state index contributed by atoms with van der Waals surface area (Å²) in [5, 5.41) is 3.45. The summed E-state index contributed by atoms with van der Waals surface area (Å²) in [6, 6.07) is 4.33. The Kier molecular flexibility index (Phi) is 12.5. The largest absolute Gasteiger partial charge is 0.483 e. The predicted molar refractivity (Wildman–Crippen MR) is 137 cm³/mol. The van der Waals surface area contributed by atoms with Crippen LogP contribution in [-0.2, 0) is 9.53 Å². The summed E-state index contributed by atoms with van der Waals surface area (Å²) in [4.78, 5) is 13.3. The average molecular weight is 484 g/mol. The van der Waals surface area contributed by atoms with E-state index in [0.29, 0.717) is 47.1 Å². The van der Waals surface area contributed by atoms with Crippen molar-refractivity contribution in [3.63, 3.8) is 0 Å². The second-order valence-corrected chi connectivity index (χ2v) is 8.53. The summed E-state index contributed by atoms with van der Waals surface area (Å²) in [5.41, 5.74) is 13.6. The van der Waals surface area contributed by atoms with Gasteiger partial charge in [-0.2, -0.15) is 17.2 Å². The van der Waals surface area contributed by atoms with Crippen LogP contribution in [-0.4, -0.2) is 41.6 Å². The topological polar surface area (TPSA) is 93.4 Å². The molecule has 0 aromatic heterocycles. The number of anilines is 1. The van der Waals surface area contributed by atoms with Gasteiger partial charge in [-0.3, -0.25) is 4.79 Å². The normalized spacial score (nSPS) is 16.3. The van der Waals surface area contributed by atoms with E-state index in [-0.39, 0.29) is 12.4 Å². The molecule has 1 heterocycles. The minimum atomic E-state index is -0.449. The third-order valence-electron chi connectivity index (χ3n) is 4.22. The fraction of sp³-hybridized carbons (Fsp3) is 0.478. The first kappa shape index (κ1) is 28.1. The van der Waals surface area contributed by atoms with E-state index in [1.165, 1.54) is 25.0 Å². The first-order valence-corrected chi connectivity index (χ1v) is 11.8. The molecule has 0 bridgehead atoms. The van der Waals surface area contributed by atoms with Gasteiger partial charge < -0.3 is 21.5 Å². The number of carbonyl (C=O) groups excluding carboxylic acids is 1. The van der Waals surface area contributed by atoms with Gasteiger partial charge in [0.05, 0.1) is 13.2 Å². The molecule has 1 aliphatic heterocycles. The highest BCUT2D eigenvalue weighted by Gasteiger charge is 2.37. The Morgan fingerprint density at radius 1 is 1.31 bits per heavy atom. The molecule has 3 rings (SSSR count). The third kappa shape index (κ3) is 10.6. The van der Waals surface area contributed by atoms with Crippen LogP contribution in [0.15, 0.2) is 40.3 Å². The van der Waals surface area contributed by atoms with Crippen molar-refractivity contribution in [1.29, 1.82) is 0 Å². The van der Waals surface area contributed by atoms with Gasteiger partial charge in [0, 0.05) is 28.0 Å². The maximum atomic E-state index is 13.5. The molecule has 6 nitrogen and oxygen atoms in total. The SMILES string of the molecule is C/C(N)=C(/S)CCO/C(C(=O)Nc1cc(C)cc(F)c1)=C1C=[N+]/1CCN.CC.SC1CC1. The van der Waals surface area contributed by atoms with E-state index in [4.69, 9.17) is 16.2 Å². The van der Waals surface area contributed by atoms with Crippen LogP contribution >= 0.6 is 25.3 Å². The second kappa shape index (κ2) is 14.2. The Hall–Kier alpha value is -1.97. The van der Waals surface area contributed by atoms with Gasteiger partial charge in [0.2, 0.25) is 6.21 Å². The summed E-state index contributed by atoms with van der Waals surface area (Å²) in [6.45, 7) is 8.79. The molecule has 178 valence electrons. The Balaban J connectivity index is 0.000000748. The minimum absolute atomic E-state index is 0.163. The third-order valence-corrected chi connectivity index (χ3v) is 5.31. The minimum Gasteiger partial charge on any atom is -0.483 e. The van der Waals surface area contributed by atoms with E-state index in [1.54, 1.807) is 26.1 Å². The van der Waals surface area contributed by atoms with Gasteiger partial charge in [0.25, 0.3) is 11.7 Å². The lowest BCUT2D eigenvalue weighted by Gasteiger charge is -2.10. The number of benzene rings is 1. The summed E-state index contributed by atoms with van der Waals surface area (Å²) in [7, 11) is 0. The van der Waals surface area contributed by atoms with Gasteiger partial charge in [-0.05, 0) is 50.5 Å². The first-order valence-electron chi connectivity index (χ1n) is 10.8. The molecule has 0 saturated heterocycles. The number of hydrogen-bond donors (Lipinski definition) is 5. The van der Waals surface area contributed by atoms with E-state index in [9.17, 15) is 9.18 Å². The molecule has 9 heteroatoms. The van der Waals surface area contributed by atoms with Crippen molar-refractivity contribution in [3.8, 4) is 0 Å². The Morgan fingerprint density at radius 2 is 1.94 bits per heavy atom. The summed E-state index contributed by atoms with van der Waals surface area (Å²) >= 11 is 8.36. The van der Waals surface area contributed by atoms with Crippen LogP contribution in [0.3, 0.4) is 0 Å². The molecule has 1 saturated carbocycles. The zero-order valence-corrected chi connectivity index (χ0v) is 21.1. The number of nitrogens with one attached hydrogen (secondary N) is 1. The lowest BCUT2D eigenvalue weighted by molar-refractivity contribution is -0.402. The molecule has 0 spiro atoms. The van der Waals surface area contributed by atoms with Crippen molar-refractivity contribution in [1.82, 2.24) is 0 Å². The molecule has 32 heavy (non-hydrogen) atoms. The van der Waals surface area contributed by atoms with Gasteiger partial charge >= 0.3 is 5.70 Å². The molecule has 5 N–H and O–H groups in total. The Labute approximate surface area is 201 Å². The first-order chi connectivity index (χ1) is 15.2. The van der Waals surface area contributed by atoms with Crippen molar-refractivity contribution in [2.24, 2.45) is 11.5 Å². The van der Waals surface area contributed by atoms with Gasteiger partial charge in [-0.25, -0.2) is 4.39 Å². The molecule has 0 atom stereocenters. The van der Waals surface area contributed by atoms with Crippen molar-refractivity contribution < 1.29 is 18.5 Å². The molecule has 1 aromatic rings. The number of thiol groups is 2. The number of ether oxygens (including phenoxy) is 1. The number of amides is 1. The number of allylic oxidation sites excluding steroid dienone is 2.